The number of piperazine rings is 1. The number of aromatic nitrogens is 5. The zero-order valence-electron chi connectivity index (χ0n) is 42.6. The zero-order valence-corrected chi connectivity index (χ0v) is 43.5. The molecule has 1 saturated carbocycles. The van der Waals surface area contributed by atoms with E-state index in [0.717, 1.165) is 53.1 Å². The molecule has 3 aliphatic rings. The minimum atomic E-state index is -0.922. The Morgan fingerprint density at radius 3 is 2.26 bits per heavy atom. The Kier molecular flexibility index (Phi) is 16.5. The SMILES string of the molecule is CC(=O)c1c(C)c2cnc(Nc3ccc(N4CCN(C(=O)CC/C=C/CCC(=O)N[C@H](C(=O)N5C[C@H](O)CC5C(=O)NCc5ccc(-c6scnc6C)cc5)C(C)(C)C)CC4)cn3)nc2n(C2CCCC2)c1=O. The molecule has 3 fully saturated rings. The maximum Gasteiger partial charge on any atom is 0.263 e. The highest BCUT2D eigenvalue weighted by Crippen LogP contribution is 2.33. The molecule has 3 atom stereocenters. The van der Waals surface area contributed by atoms with Gasteiger partial charge in [-0.3, -0.25) is 33.3 Å². The van der Waals surface area contributed by atoms with Crippen LogP contribution in [0.3, 0.4) is 0 Å². The highest BCUT2D eigenvalue weighted by Gasteiger charge is 2.44. The number of likely N-dealkylation sites (tertiary alicyclic amines) is 1. The van der Waals surface area contributed by atoms with Gasteiger partial charge in [0.1, 0.15) is 23.5 Å². The second kappa shape index (κ2) is 22.9. The third-order valence-electron chi connectivity index (χ3n) is 14.2. The smallest absolute Gasteiger partial charge is 0.263 e. The van der Waals surface area contributed by atoms with Crippen LogP contribution in [0.2, 0.25) is 0 Å². The molecule has 2 saturated heterocycles. The largest absolute Gasteiger partial charge is 0.391 e. The number of hydrogen-bond donors (Lipinski definition) is 4. The van der Waals surface area contributed by atoms with Crippen molar-refractivity contribution in [1.29, 1.82) is 0 Å². The van der Waals surface area contributed by atoms with Crippen LogP contribution in [-0.2, 0) is 25.7 Å². The van der Waals surface area contributed by atoms with Gasteiger partial charge in [0.2, 0.25) is 29.6 Å². The molecule has 6 heterocycles. The van der Waals surface area contributed by atoms with Gasteiger partial charge < -0.3 is 35.8 Å². The fourth-order valence-electron chi connectivity index (χ4n) is 10.1. The van der Waals surface area contributed by atoms with Gasteiger partial charge in [-0.25, -0.2) is 15.0 Å². The van der Waals surface area contributed by atoms with E-state index in [1.807, 2.05) is 86.7 Å². The fraction of sp³-hybridized carbons (Fsp3) is 0.481. The van der Waals surface area contributed by atoms with E-state index in [-0.39, 0.29) is 66.6 Å². The second-order valence-corrected chi connectivity index (χ2v) is 21.3. The molecule has 8 rings (SSSR count). The molecule has 4 N–H and O–H groups in total. The number of ketones is 1. The minimum Gasteiger partial charge on any atom is -0.391 e. The van der Waals surface area contributed by atoms with Crippen molar-refractivity contribution < 1.29 is 29.1 Å². The minimum absolute atomic E-state index is 0.00607. The van der Waals surface area contributed by atoms with E-state index in [4.69, 9.17) is 4.98 Å². The summed E-state index contributed by atoms with van der Waals surface area (Å²) < 4.78 is 1.69. The Morgan fingerprint density at radius 2 is 1.62 bits per heavy atom. The number of hydrogen-bond acceptors (Lipinski definition) is 14. The molecule has 19 heteroatoms. The van der Waals surface area contributed by atoms with Crippen LogP contribution in [0, 0.1) is 19.3 Å². The number of amides is 4. The Bertz CT molecular complexity index is 2920. The van der Waals surface area contributed by atoms with Crippen molar-refractivity contribution in [3.05, 3.63) is 99.2 Å². The Balaban J connectivity index is 0.760. The molecular formula is C54H67N11O7S. The van der Waals surface area contributed by atoms with E-state index in [1.54, 1.807) is 35.2 Å². The van der Waals surface area contributed by atoms with E-state index < -0.39 is 29.5 Å². The molecule has 4 amide bonds. The number of Topliss-reactive ketones (excluding diaryl/α,β-unsaturated/α-hetero) is 1. The molecule has 73 heavy (non-hydrogen) atoms. The van der Waals surface area contributed by atoms with Crippen molar-refractivity contribution in [1.82, 2.24) is 44.9 Å². The number of pyridine rings is 2. The molecule has 1 unspecified atom stereocenters. The number of benzene rings is 1. The van der Waals surface area contributed by atoms with E-state index in [2.05, 4.69) is 35.8 Å². The average Bonchev–Trinajstić information content (AvgIpc) is 4.15. The summed E-state index contributed by atoms with van der Waals surface area (Å²) in [5.74, 6) is -0.452. The number of β-amino-alcohol motifs (C(OH)–C–C–N with tert-alkyl or cyclic N) is 1. The highest BCUT2D eigenvalue weighted by atomic mass is 32.1. The number of carbonyl (C=O) groups excluding carboxylic acids is 5. The first-order valence-electron chi connectivity index (χ1n) is 25.4. The van der Waals surface area contributed by atoms with Gasteiger partial charge in [-0.15, -0.1) is 11.3 Å². The first-order chi connectivity index (χ1) is 35.0. The summed E-state index contributed by atoms with van der Waals surface area (Å²) in [4.78, 5) is 105. The summed E-state index contributed by atoms with van der Waals surface area (Å²) in [6, 6.07) is 9.87. The van der Waals surface area contributed by atoms with Crippen molar-refractivity contribution in [2.45, 2.75) is 130 Å². The molecular weight excluding hydrogens is 947 g/mol. The molecule has 2 aliphatic heterocycles. The summed E-state index contributed by atoms with van der Waals surface area (Å²) in [6.07, 6.45) is 11.6. The number of aryl methyl sites for hydroxylation is 2. The number of carbonyl (C=O) groups is 5. The monoisotopic (exact) mass is 1010 g/mol. The molecule has 1 aromatic carbocycles. The first-order valence-corrected chi connectivity index (χ1v) is 26.2. The normalized spacial score (nSPS) is 17.9. The molecule has 0 spiro atoms. The lowest BCUT2D eigenvalue weighted by atomic mass is 9.85. The third-order valence-corrected chi connectivity index (χ3v) is 15.2. The molecule has 5 aromatic rings. The van der Waals surface area contributed by atoms with Crippen LogP contribution in [0.1, 0.15) is 119 Å². The number of nitrogens with zero attached hydrogens (tertiary/aromatic N) is 8. The number of thiazole rings is 1. The van der Waals surface area contributed by atoms with Crippen LogP contribution in [0.5, 0.6) is 0 Å². The van der Waals surface area contributed by atoms with Crippen LogP contribution < -0.4 is 26.4 Å². The molecule has 0 bridgehead atoms. The van der Waals surface area contributed by atoms with E-state index in [1.165, 1.54) is 11.8 Å². The maximum atomic E-state index is 14.1. The van der Waals surface area contributed by atoms with Gasteiger partial charge >= 0.3 is 0 Å². The van der Waals surface area contributed by atoms with Crippen LogP contribution in [0.4, 0.5) is 17.5 Å². The van der Waals surface area contributed by atoms with Gasteiger partial charge in [-0.2, -0.15) is 4.98 Å². The molecule has 4 aromatic heterocycles. The van der Waals surface area contributed by atoms with Crippen molar-refractivity contribution in [2.24, 2.45) is 5.41 Å². The summed E-state index contributed by atoms with van der Waals surface area (Å²) in [5, 5.41) is 20.3. The Morgan fingerprint density at radius 1 is 0.904 bits per heavy atom. The average molecular weight is 1010 g/mol. The highest BCUT2D eigenvalue weighted by molar-refractivity contribution is 7.13. The van der Waals surface area contributed by atoms with Crippen LogP contribution >= 0.6 is 11.3 Å². The van der Waals surface area contributed by atoms with E-state index in [9.17, 15) is 33.9 Å². The number of nitrogens with one attached hydrogen (secondary N) is 3. The van der Waals surface area contributed by atoms with Crippen LogP contribution in [-0.4, -0.2) is 120 Å². The number of anilines is 3. The van der Waals surface area contributed by atoms with Gasteiger partial charge in [-0.05, 0) is 80.7 Å². The van der Waals surface area contributed by atoms with Crippen molar-refractivity contribution in [2.75, 3.05) is 42.9 Å². The van der Waals surface area contributed by atoms with Gasteiger partial charge in [0.25, 0.3) is 5.56 Å². The first kappa shape index (κ1) is 52.5. The number of aliphatic hydroxyl groups is 1. The van der Waals surface area contributed by atoms with Gasteiger partial charge in [-0.1, -0.05) is 70.0 Å². The van der Waals surface area contributed by atoms with Crippen LogP contribution in [0.25, 0.3) is 21.5 Å². The lowest BCUT2D eigenvalue weighted by molar-refractivity contribution is -0.144. The molecule has 18 nitrogen and oxygen atoms in total. The van der Waals surface area contributed by atoms with Crippen molar-refractivity contribution in [3.8, 4) is 10.4 Å². The fourth-order valence-corrected chi connectivity index (χ4v) is 10.9. The van der Waals surface area contributed by atoms with Gasteiger partial charge in [0.05, 0.1) is 39.6 Å². The third kappa shape index (κ3) is 12.3. The summed E-state index contributed by atoms with van der Waals surface area (Å²) >= 11 is 1.57. The lowest BCUT2D eigenvalue weighted by Crippen LogP contribution is -2.57. The number of allylic oxidation sites excluding steroid dienone is 2. The van der Waals surface area contributed by atoms with Gasteiger partial charge in [0.15, 0.2) is 5.78 Å². The van der Waals surface area contributed by atoms with Crippen molar-refractivity contribution >= 4 is 69.2 Å². The summed E-state index contributed by atoms with van der Waals surface area (Å²) in [5.41, 5.74) is 5.95. The Labute approximate surface area is 429 Å². The number of rotatable bonds is 17. The van der Waals surface area contributed by atoms with Gasteiger partial charge in [0, 0.05) is 76.2 Å². The Hall–Kier alpha value is -6.86. The molecule has 386 valence electrons. The second-order valence-electron chi connectivity index (χ2n) is 20.5. The maximum absolute atomic E-state index is 14.1. The lowest BCUT2D eigenvalue weighted by Gasteiger charge is -2.36. The van der Waals surface area contributed by atoms with Crippen LogP contribution in [0.15, 0.2) is 71.2 Å². The van der Waals surface area contributed by atoms with Crippen molar-refractivity contribution in [3.63, 3.8) is 0 Å². The quantitative estimate of drug-likeness (QED) is 0.0573. The van der Waals surface area contributed by atoms with E-state index in [0.29, 0.717) is 73.8 Å². The molecule has 1 aliphatic carbocycles. The summed E-state index contributed by atoms with van der Waals surface area (Å²) in [7, 11) is 0. The summed E-state index contributed by atoms with van der Waals surface area (Å²) in [6.45, 7) is 13.4. The predicted molar refractivity (Wildman–Crippen MR) is 282 cm³/mol. The zero-order chi connectivity index (χ0) is 52.0. The van der Waals surface area contributed by atoms with E-state index >= 15 is 0 Å². The number of aliphatic hydroxyl groups excluding tert-OH is 1. The number of fused-ring (bicyclic) bond motifs is 1. The topological polar surface area (TPSA) is 225 Å². The predicted octanol–water partition coefficient (Wildman–Crippen LogP) is 6.56. The standard InChI is InChI=1S/C54H67N11O7S/c1-33-41-30-57-53(61-49(41)65(38-13-11-12-14-38)51(71)46(33)35(3)66)59-43-22-21-39(29-55-43)62-23-25-63(26-24-62)45(69)16-10-8-7-9-15-44(68)60-48(54(4,5)6)52(72)64-31-40(67)27-42(64)50(70)56-28-36-17-19-37(20-18-36)47-34(2)58-32-73-47/h7-8,17-22,29-30,32,38,40,42,48,67H,9-16,23-28,31H2,1-6H3,(H,56,70)(H,60,68)(H,55,57,59,61)/b8-7+/t40-,42?,48-/m1/s1. The molecule has 0 radical (unpaired) electrons.